The van der Waals surface area contributed by atoms with Crippen molar-refractivity contribution in [3.63, 3.8) is 0 Å². The molecule has 0 aromatic heterocycles. The minimum atomic E-state index is -0.0752. The van der Waals surface area contributed by atoms with Gasteiger partial charge in [0.25, 0.3) is 0 Å². The van der Waals surface area contributed by atoms with E-state index in [1.165, 1.54) is 0 Å². The number of rotatable bonds is 0. The van der Waals surface area contributed by atoms with Crippen LogP contribution < -0.4 is 11.5 Å². The molecule has 0 radical (unpaired) electrons. The average molecular weight is 118 g/mol. The number of aliphatic hydroxyl groups excluding tert-OH is 1. The molecule has 0 aromatic carbocycles. The Kier molecular flexibility index (Phi) is 3.77. The minimum Gasteiger partial charge on any atom is -0.392 e. The predicted molar refractivity (Wildman–Crippen MR) is 33.1 cm³/mol. The van der Waals surface area contributed by atoms with Gasteiger partial charge in [0.1, 0.15) is 0 Å². The Balaban J connectivity index is 0.000000490. The number of hydrogen-bond donors (Lipinski definition) is 3. The van der Waals surface area contributed by atoms with Crippen molar-refractivity contribution >= 4 is 0 Å². The average Bonchev–Trinajstić information content (AvgIpc) is 1.69. The molecule has 0 aliphatic carbocycles. The van der Waals surface area contributed by atoms with E-state index in [1.807, 2.05) is 0 Å². The summed E-state index contributed by atoms with van der Waals surface area (Å²) in [7, 11) is 0. The molecule has 1 fully saturated rings. The highest BCUT2D eigenvalue weighted by Gasteiger charge is 2.06. The molecule has 1 unspecified atom stereocenters. The van der Waals surface area contributed by atoms with Gasteiger partial charge in [-0.3, -0.25) is 0 Å². The fourth-order valence-corrected chi connectivity index (χ4v) is 0.833. The lowest BCUT2D eigenvalue weighted by atomic mass is 10.1. The molecule has 0 aromatic rings. The van der Waals surface area contributed by atoms with Crippen LogP contribution in [0, 0.1) is 0 Å². The van der Waals surface area contributed by atoms with Crippen molar-refractivity contribution in [2.45, 2.75) is 18.9 Å². The van der Waals surface area contributed by atoms with Gasteiger partial charge in [0.2, 0.25) is 0 Å². The Morgan fingerprint density at radius 2 is 2.25 bits per heavy atom. The minimum absolute atomic E-state index is 0. The first kappa shape index (κ1) is 7.88. The Hall–Kier alpha value is -0.120. The van der Waals surface area contributed by atoms with Gasteiger partial charge < -0.3 is 16.6 Å². The summed E-state index contributed by atoms with van der Waals surface area (Å²) in [5, 5.41) is 11.9. The van der Waals surface area contributed by atoms with Gasteiger partial charge >= 0.3 is 0 Å². The molecule has 1 atom stereocenters. The van der Waals surface area contributed by atoms with Crippen molar-refractivity contribution in [2.75, 3.05) is 13.1 Å². The van der Waals surface area contributed by atoms with Gasteiger partial charge in [0, 0.05) is 6.54 Å². The second-order valence-corrected chi connectivity index (χ2v) is 2.00. The predicted octanol–water partition coefficient (Wildman–Crippen LogP) is -0.107. The van der Waals surface area contributed by atoms with Crippen molar-refractivity contribution in [1.82, 2.24) is 11.5 Å². The number of piperidine rings is 1. The van der Waals surface area contributed by atoms with E-state index in [2.05, 4.69) is 5.32 Å². The van der Waals surface area contributed by atoms with E-state index in [-0.39, 0.29) is 12.3 Å². The van der Waals surface area contributed by atoms with E-state index in [9.17, 15) is 0 Å². The van der Waals surface area contributed by atoms with E-state index in [4.69, 9.17) is 5.11 Å². The molecule has 1 rings (SSSR count). The molecule has 5 N–H and O–H groups in total. The zero-order chi connectivity index (χ0) is 5.11. The van der Waals surface area contributed by atoms with E-state index in [0.29, 0.717) is 0 Å². The first-order valence-corrected chi connectivity index (χ1v) is 2.78. The lowest BCUT2D eigenvalue weighted by molar-refractivity contribution is 0.142. The van der Waals surface area contributed by atoms with E-state index < -0.39 is 0 Å². The third-order valence-corrected chi connectivity index (χ3v) is 1.27. The van der Waals surface area contributed by atoms with E-state index in [1.54, 1.807) is 0 Å². The van der Waals surface area contributed by atoms with Gasteiger partial charge in [0.05, 0.1) is 6.10 Å². The zero-order valence-electron chi connectivity index (χ0n) is 5.06. The second-order valence-electron chi connectivity index (χ2n) is 2.00. The highest BCUT2D eigenvalue weighted by atomic mass is 16.3. The maximum absolute atomic E-state index is 8.85. The van der Waals surface area contributed by atoms with Crippen LogP contribution >= 0.6 is 0 Å². The smallest absolute Gasteiger partial charge is 0.0665 e. The van der Waals surface area contributed by atoms with Crippen LogP contribution in [0.1, 0.15) is 12.8 Å². The van der Waals surface area contributed by atoms with Crippen molar-refractivity contribution in [2.24, 2.45) is 0 Å². The summed E-state index contributed by atoms with van der Waals surface area (Å²) in [4.78, 5) is 0. The molecule has 1 heterocycles. The van der Waals surface area contributed by atoms with Crippen LogP contribution in [0.2, 0.25) is 0 Å². The molecule has 0 saturated carbocycles. The van der Waals surface area contributed by atoms with E-state index in [0.717, 1.165) is 25.9 Å². The lowest BCUT2D eigenvalue weighted by Crippen LogP contribution is -2.33. The summed E-state index contributed by atoms with van der Waals surface area (Å²) in [6.45, 7) is 1.87. The van der Waals surface area contributed by atoms with Crippen LogP contribution in [-0.2, 0) is 0 Å². The maximum Gasteiger partial charge on any atom is 0.0665 e. The first-order chi connectivity index (χ1) is 3.39. The zero-order valence-corrected chi connectivity index (χ0v) is 5.06. The Bertz CT molecular complexity index is 52.4. The number of hydrogen-bond acceptors (Lipinski definition) is 3. The van der Waals surface area contributed by atoms with Gasteiger partial charge in [-0.2, -0.15) is 0 Å². The largest absolute Gasteiger partial charge is 0.392 e. The van der Waals surface area contributed by atoms with E-state index >= 15 is 0 Å². The van der Waals surface area contributed by atoms with Gasteiger partial charge in [-0.05, 0) is 19.4 Å². The summed E-state index contributed by atoms with van der Waals surface area (Å²) in [5.41, 5.74) is 0. The molecule has 3 heteroatoms. The SMILES string of the molecule is N.OC1CCCNC1. The highest BCUT2D eigenvalue weighted by molar-refractivity contribution is 4.65. The van der Waals surface area contributed by atoms with Crippen molar-refractivity contribution < 1.29 is 5.11 Å². The van der Waals surface area contributed by atoms with Crippen molar-refractivity contribution in [3.05, 3.63) is 0 Å². The van der Waals surface area contributed by atoms with Gasteiger partial charge in [0.15, 0.2) is 0 Å². The molecule has 0 amide bonds. The van der Waals surface area contributed by atoms with Crippen molar-refractivity contribution in [1.29, 1.82) is 0 Å². The summed E-state index contributed by atoms with van der Waals surface area (Å²) < 4.78 is 0. The van der Waals surface area contributed by atoms with Crippen LogP contribution in [0.5, 0.6) is 0 Å². The van der Waals surface area contributed by atoms with Crippen LogP contribution in [0.4, 0.5) is 0 Å². The molecule has 0 bridgehead atoms. The molecule has 8 heavy (non-hydrogen) atoms. The van der Waals surface area contributed by atoms with Crippen LogP contribution in [0.15, 0.2) is 0 Å². The fraction of sp³-hybridized carbons (Fsp3) is 1.00. The molecule has 3 nitrogen and oxygen atoms in total. The van der Waals surface area contributed by atoms with Crippen LogP contribution in [-0.4, -0.2) is 24.3 Å². The number of aliphatic hydroxyl groups is 1. The quantitative estimate of drug-likeness (QED) is 0.416. The molecule has 0 spiro atoms. The monoisotopic (exact) mass is 118 g/mol. The lowest BCUT2D eigenvalue weighted by Gasteiger charge is -2.16. The van der Waals surface area contributed by atoms with Crippen LogP contribution in [0.3, 0.4) is 0 Å². The fourth-order valence-electron chi connectivity index (χ4n) is 0.833. The molecule has 50 valence electrons. The Morgan fingerprint density at radius 1 is 1.50 bits per heavy atom. The Morgan fingerprint density at radius 3 is 2.50 bits per heavy atom. The van der Waals surface area contributed by atoms with Gasteiger partial charge in [-0.25, -0.2) is 0 Å². The summed E-state index contributed by atoms with van der Waals surface area (Å²) >= 11 is 0. The summed E-state index contributed by atoms with van der Waals surface area (Å²) in [5.74, 6) is 0. The van der Waals surface area contributed by atoms with Gasteiger partial charge in [-0.15, -0.1) is 0 Å². The Labute approximate surface area is 49.7 Å². The molecular weight excluding hydrogens is 104 g/mol. The number of nitrogens with one attached hydrogen (secondary N) is 1. The normalized spacial score (nSPS) is 28.9. The molecule has 1 saturated heterocycles. The second kappa shape index (κ2) is 3.83. The topological polar surface area (TPSA) is 67.3 Å². The molecule has 1 aliphatic heterocycles. The maximum atomic E-state index is 8.85. The molecular formula is C5H14N2O. The summed E-state index contributed by atoms with van der Waals surface area (Å²) in [6.07, 6.45) is 2.03. The molecule has 1 aliphatic rings. The standard InChI is InChI=1S/C5H11NO.H3N/c7-5-2-1-3-6-4-5;/h5-7H,1-4H2;1H3. The third-order valence-electron chi connectivity index (χ3n) is 1.27. The highest BCUT2D eigenvalue weighted by Crippen LogP contribution is 1.98. The van der Waals surface area contributed by atoms with Crippen molar-refractivity contribution in [3.8, 4) is 0 Å². The first-order valence-electron chi connectivity index (χ1n) is 2.78. The van der Waals surface area contributed by atoms with Gasteiger partial charge in [-0.1, -0.05) is 0 Å². The number of β-amino-alcohol motifs (C(OH)–C–C–N with tert-alkyl or cyclic N) is 1. The summed E-state index contributed by atoms with van der Waals surface area (Å²) in [6, 6.07) is 0. The van der Waals surface area contributed by atoms with Crippen LogP contribution in [0.25, 0.3) is 0 Å². The third kappa shape index (κ3) is 2.26.